The van der Waals surface area contributed by atoms with Crippen molar-refractivity contribution in [1.29, 1.82) is 0 Å². The van der Waals surface area contributed by atoms with Crippen molar-refractivity contribution in [3.05, 3.63) is 253 Å². The lowest BCUT2D eigenvalue weighted by molar-refractivity contribution is 1.18. The van der Waals surface area contributed by atoms with Crippen molar-refractivity contribution in [1.82, 2.24) is 4.57 Å². The van der Waals surface area contributed by atoms with Crippen LogP contribution in [-0.4, -0.2) is 4.57 Å². The van der Waals surface area contributed by atoms with Crippen molar-refractivity contribution >= 4 is 72.1 Å². The highest BCUT2D eigenvalue weighted by Crippen LogP contribution is 2.48. The lowest BCUT2D eigenvalue weighted by Crippen LogP contribution is -2.11. The lowest BCUT2D eigenvalue weighted by Gasteiger charge is -2.28. The first-order valence-electron chi connectivity index (χ1n) is 20.6. The van der Waals surface area contributed by atoms with Gasteiger partial charge in [0.05, 0.1) is 16.7 Å². The summed E-state index contributed by atoms with van der Waals surface area (Å²) in [5, 5.41) is 7.29. The minimum absolute atomic E-state index is 1.11. The molecule has 0 spiro atoms. The summed E-state index contributed by atoms with van der Waals surface area (Å²) < 4.78 is 2.49. The van der Waals surface area contributed by atoms with Crippen LogP contribution in [0, 0.1) is 0 Å². The fourth-order valence-electron chi connectivity index (χ4n) is 9.18. The Balaban J connectivity index is 1.28. The van der Waals surface area contributed by atoms with Gasteiger partial charge in [0, 0.05) is 38.8 Å². The minimum Gasteiger partial charge on any atom is -0.310 e. The normalized spacial score (nSPS) is 11.8. The van der Waals surface area contributed by atoms with E-state index in [0.717, 1.165) is 33.8 Å². The summed E-state index contributed by atoms with van der Waals surface area (Å²) in [6.45, 7) is 0. The summed E-state index contributed by atoms with van der Waals surface area (Å²) in [6.07, 6.45) is 2.34. The van der Waals surface area contributed by atoms with E-state index in [2.05, 4.69) is 252 Å². The second kappa shape index (κ2) is 15.1. The third-order valence-corrected chi connectivity index (χ3v) is 11.7. The molecular formula is C58H40N2. The second-order valence-corrected chi connectivity index (χ2v) is 15.3. The molecule has 2 heteroatoms. The molecule has 0 atom stereocenters. The highest BCUT2D eigenvalue weighted by atomic mass is 15.1. The average molecular weight is 765 g/mol. The Morgan fingerprint density at radius 3 is 1.67 bits per heavy atom. The standard InChI is InChI=1S/C58H40N2/c1-6-21-41(22-7-1)39-53(42-23-8-2-9-24-42)50-35-20-38-54-57(50)52-37-19-36-51(58(52)60(54)46-30-14-5-15-31-46)49-34-18-33-48-47-32-17-16-25-43(47)40-55(56(48)49)59(44-26-10-3-11-27-44)45-28-12-4-13-29-45/h1-40H/b53-39+. The summed E-state index contributed by atoms with van der Waals surface area (Å²) in [4.78, 5) is 2.42. The van der Waals surface area contributed by atoms with Crippen LogP contribution in [0.25, 0.3) is 71.8 Å². The van der Waals surface area contributed by atoms with Crippen LogP contribution in [0.3, 0.4) is 0 Å². The first kappa shape index (κ1) is 35.2. The Hall–Kier alpha value is -7.94. The summed E-state index contributed by atoms with van der Waals surface area (Å²) in [5.41, 5.74) is 13.9. The smallest absolute Gasteiger partial charge is 0.0619 e. The predicted molar refractivity (Wildman–Crippen MR) is 256 cm³/mol. The van der Waals surface area contributed by atoms with E-state index in [-0.39, 0.29) is 0 Å². The molecule has 0 radical (unpaired) electrons. The topological polar surface area (TPSA) is 8.17 Å². The molecule has 0 saturated heterocycles. The minimum atomic E-state index is 1.11. The number of nitrogens with zero attached hydrogens (tertiary/aromatic N) is 2. The Morgan fingerprint density at radius 2 is 0.967 bits per heavy atom. The van der Waals surface area contributed by atoms with Crippen molar-refractivity contribution < 1.29 is 0 Å². The molecule has 11 aromatic rings. The molecule has 0 bridgehead atoms. The summed E-state index contributed by atoms with van der Waals surface area (Å²) >= 11 is 0. The first-order chi connectivity index (χ1) is 29.8. The van der Waals surface area contributed by atoms with Gasteiger partial charge in [0.1, 0.15) is 0 Å². The summed E-state index contributed by atoms with van der Waals surface area (Å²) in [6, 6.07) is 85.6. The van der Waals surface area contributed by atoms with Crippen LogP contribution in [0.4, 0.5) is 17.1 Å². The average Bonchev–Trinajstić information content (AvgIpc) is 3.67. The van der Waals surface area contributed by atoms with E-state index < -0.39 is 0 Å². The molecule has 10 aromatic carbocycles. The molecule has 0 fully saturated rings. The van der Waals surface area contributed by atoms with E-state index in [1.54, 1.807) is 0 Å². The molecule has 1 aromatic heterocycles. The van der Waals surface area contributed by atoms with Crippen LogP contribution in [-0.2, 0) is 0 Å². The monoisotopic (exact) mass is 764 g/mol. The summed E-state index contributed by atoms with van der Waals surface area (Å²) in [7, 11) is 0. The maximum atomic E-state index is 2.49. The van der Waals surface area contributed by atoms with E-state index in [4.69, 9.17) is 0 Å². The molecule has 0 N–H and O–H groups in total. The highest BCUT2D eigenvalue weighted by Gasteiger charge is 2.24. The molecule has 60 heavy (non-hydrogen) atoms. The van der Waals surface area contributed by atoms with E-state index in [1.165, 1.54) is 65.7 Å². The van der Waals surface area contributed by atoms with Crippen molar-refractivity contribution in [2.75, 3.05) is 4.90 Å². The summed E-state index contributed by atoms with van der Waals surface area (Å²) in [5.74, 6) is 0. The van der Waals surface area contributed by atoms with Gasteiger partial charge in [-0.25, -0.2) is 0 Å². The number of anilines is 3. The zero-order valence-electron chi connectivity index (χ0n) is 33.0. The largest absolute Gasteiger partial charge is 0.310 e. The van der Waals surface area contributed by atoms with Gasteiger partial charge in [-0.2, -0.15) is 0 Å². The fraction of sp³-hybridized carbons (Fsp3) is 0. The third kappa shape index (κ3) is 6.06. The van der Waals surface area contributed by atoms with E-state index in [9.17, 15) is 0 Å². The molecule has 0 unspecified atom stereocenters. The number of rotatable bonds is 8. The molecule has 0 aliphatic carbocycles. The van der Waals surface area contributed by atoms with Crippen LogP contribution >= 0.6 is 0 Å². The van der Waals surface area contributed by atoms with Crippen LogP contribution in [0.1, 0.15) is 16.7 Å². The van der Waals surface area contributed by atoms with Crippen LogP contribution in [0.2, 0.25) is 0 Å². The van der Waals surface area contributed by atoms with Gasteiger partial charge in [0.15, 0.2) is 0 Å². The van der Waals surface area contributed by atoms with E-state index in [0.29, 0.717) is 0 Å². The first-order valence-corrected chi connectivity index (χ1v) is 20.6. The van der Waals surface area contributed by atoms with Gasteiger partial charge in [0.2, 0.25) is 0 Å². The molecule has 11 rings (SSSR count). The van der Waals surface area contributed by atoms with Gasteiger partial charge >= 0.3 is 0 Å². The van der Waals surface area contributed by atoms with Gasteiger partial charge in [0.25, 0.3) is 0 Å². The van der Waals surface area contributed by atoms with Gasteiger partial charge in [-0.3, -0.25) is 0 Å². The Morgan fingerprint density at radius 1 is 0.417 bits per heavy atom. The zero-order chi connectivity index (χ0) is 39.8. The molecule has 0 saturated carbocycles. The van der Waals surface area contributed by atoms with Crippen molar-refractivity contribution in [3.63, 3.8) is 0 Å². The molecule has 0 amide bonds. The Kier molecular flexibility index (Phi) is 8.87. The van der Waals surface area contributed by atoms with Gasteiger partial charge in [-0.05, 0) is 98.6 Å². The maximum absolute atomic E-state index is 2.49. The zero-order valence-corrected chi connectivity index (χ0v) is 33.0. The van der Waals surface area contributed by atoms with Gasteiger partial charge in [-0.15, -0.1) is 0 Å². The number of fused-ring (bicyclic) bond motifs is 6. The van der Waals surface area contributed by atoms with Crippen molar-refractivity contribution in [3.8, 4) is 16.8 Å². The van der Waals surface area contributed by atoms with E-state index in [1.807, 2.05) is 0 Å². The quantitative estimate of drug-likeness (QED) is 0.110. The van der Waals surface area contributed by atoms with Crippen LogP contribution in [0.15, 0.2) is 237 Å². The predicted octanol–water partition coefficient (Wildman–Crippen LogP) is 15.8. The number of hydrogen-bond acceptors (Lipinski definition) is 1. The van der Waals surface area contributed by atoms with Gasteiger partial charge in [-0.1, -0.05) is 188 Å². The third-order valence-electron chi connectivity index (χ3n) is 11.7. The second-order valence-electron chi connectivity index (χ2n) is 15.3. The van der Waals surface area contributed by atoms with Crippen molar-refractivity contribution in [2.45, 2.75) is 0 Å². The Labute approximate surface area is 350 Å². The fourth-order valence-corrected chi connectivity index (χ4v) is 9.18. The number of para-hydroxylation sites is 4. The molecular weight excluding hydrogens is 725 g/mol. The van der Waals surface area contributed by atoms with Gasteiger partial charge < -0.3 is 9.47 Å². The Bertz CT molecular complexity index is 3290. The number of benzene rings is 10. The number of hydrogen-bond donors (Lipinski definition) is 0. The number of aromatic nitrogens is 1. The van der Waals surface area contributed by atoms with Crippen molar-refractivity contribution in [2.24, 2.45) is 0 Å². The SMILES string of the molecule is C(=C(/c1ccccc1)c1cccc2c1c1cccc(-c3cccc4c3c(N(c3ccccc3)c3ccccc3)cc3ccccc34)c1n2-c1ccccc1)/c1ccccc1. The lowest BCUT2D eigenvalue weighted by atomic mass is 9.90. The molecule has 2 nitrogen and oxygen atoms in total. The molecule has 282 valence electrons. The van der Waals surface area contributed by atoms with E-state index >= 15 is 0 Å². The van der Waals surface area contributed by atoms with Crippen LogP contribution < -0.4 is 4.90 Å². The maximum Gasteiger partial charge on any atom is 0.0619 e. The highest BCUT2D eigenvalue weighted by molar-refractivity contribution is 6.24. The molecule has 0 aliphatic rings. The van der Waals surface area contributed by atoms with Crippen LogP contribution in [0.5, 0.6) is 0 Å². The molecule has 0 aliphatic heterocycles. The molecule has 1 heterocycles.